The first-order valence-electron chi connectivity index (χ1n) is 5.52. The molecular formula is C11H15N5O. The summed E-state index contributed by atoms with van der Waals surface area (Å²) in [5.74, 6) is 0.624. The summed E-state index contributed by atoms with van der Waals surface area (Å²) in [4.78, 5) is 11.7. The van der Waals surface area contributed by atoms with Crippen molar-refractivity contribution < 1.29 is 0 Å². The van der Waals surface area contributed by atoms with Crippen molar-refractivity contribution in [2.75, 3.05) is 6.54 Å². The molecule has 0 fully saturated rings. The molecule has 6 heteroatoms. The van der Waals surface area contributed by atoms with Crippen LogP contribution in [0.15, 0.2) is 35.4 Å². The third-order valence-electron chi connectivity index (χ3n) is 2.55. The van der Waals surface area contributed by atoms with Gasteiger partial charge in [0.2, 0.25) is 0 Å². The maximum atomic E-state index is 11.7. The Labute approximate surface area is 98.7 Å². The van der Waals surface area contributed by atoms with Crippen LogP contribution >= 0.6 is 0 Å². The van der Waals surface area contributed by atoms with E-state index in [4.69, 9.17) is 5.73 Å². The molecule has 2 N–H and O–H groups in total. The average Bonchev–Trinajstić information content (AvgIpc) is 2.83. The Hall–Kier alpha value is -1.95. The Morgan fingerprint density at radius 3 is 2.94 bits per heavy atom. The molecule has 90 valence electrons. The molecule has 1 atom stereocenters. The summed E-state index contributed by atoms with van der Waals surface area (Å²) in [5.41, 5.74) is 5.37. The van der Waals surface area contributed by atoms with Gasteiger partial charge in [-0.15, -0.1) is 5.10 Å². The highest BCUT2D eigenvalue weighted by Gasteiger charge is 2.08. The molecule has 0 aliphatic heterocycles. The Bertz CT molecular complexity index is 531. The van der Waals surface area contributed by atoms with Gasteiger partial charge in [-0.25, -0.2) is 9.36 Å². The lowest BCUT2D eigenvalue weighted by molar-refractivity contribution is 0.439. The first kappa shape index (κ1) is 11.5. The quantitative estimate of drug-likeness (QED) is 0.825. The number of rotatable bonds is 4. The van der Waals surface area contributed by atoms with Crippen LogP contribution in [0.1, 0.15) is 19.4 Å². The highest BCUT2D eigenvalue weighted by atomic mass is 16.1. The van der Waals surface area contributed by atoms with Gasteiger partial charge < -0.3 is 5.73 Å². The Morgan fingerprint density at radius 2 is 2.29 bits per heavy atom. The van der Waals surface area contributed by atoms with Gasteiger partial charge in [0.1, 0.15) is 0 Å². The van der Waals surface area contributed by atoms with Crippen LogP contribution in [0.4, 0.5) is 0 Å². The van der Waals surface area contributed by atoms with Crippen LogP contribution < -0.4 is 11.3 Å². The summed E-state index contributed by atoms with van der Waals surface area (Å²) >= 11 is 0. The molecule has 0 bridgehead atoms. The second-order valence-corrected chi connectivity index (χ2v) is 3.85. The molecule has 6 nitrogen and oxygen atoms in total. The van der Waals surface area contributed by atoms with Gasteiger partial charge in [0.05, 0.1) is 6.04 Å². The van der Waals surface area contributed by atoms with E-state index in [1.165, 1.54) is 10.7 Å². The molecular weight excluding hydrogens is 218 g/mol. The summed E-state index contributed by atoms with van der Waals surface area (Å²) in [6, 6.07) is 4.95. The standard InChI is InChI=1S/C11H15N5O/c1-9(5-6-12)16-11(17)4-3-10(14-16)15-8-2-7-13-15/h2-4,7-9H,5-6,12H2,1H3. The summed E-state index contributed by atoms with van der Waals surface area (Å²) in [6.45, 7) is 2.45. The van der Waals surface area contributed by atoms with Crippen LogP contribution in [0.3, 0.4) is 0 Å². The topological polar surface area (TPSA) is 78.7 Å². The maximum absolute atomic E-state index is 11.7. The van der Waals surface area contributed by atoms with E-state index < -0.39 is 0 Å². The van der Waals surface area contributed by atoms with Gasteiger partial charge in [-0.05, 0) is 32.0 Å². The van der Waals surface area contributed by atoms with Crippen molar-refractivity contribution in [3.05, 3.63) is 40.9 Å². The SMILES string of the molecule is CC(CCN)n1nc(-n2cccn2)ccc1=O. The minimum Gasteiger partial charge on any atom is -0.330 e. The molecule has 2 heterocycles. The van der Waals surface area contributed by atoms with E-state index in [0.717, 1.165) is 6.42 Å². The number of nitrogens with zero attached hydrogens (tertiary/aromatic N) is 4. The third kappa shape index (κ3) is 2.42. The summed E-state index contributed by atoms with van der Waals surface area (Å²) < 4.78 is 3.06. The van der Waals surface area contributed by atoms with Crippen LogP contribution in [0.5, 0.6) is 0 Å². The van der Waals surface area contributed by atoms with Crippen LogP contribution in [0.2, 0.25) is 0 Å². The molecule has 2 rings (SSSR count). The van der Waals surface area contributed by atoms with Crippen molar-refractivity contribution in [2.45, 2.75) is 19.4 Å². The average molecular weight is 233 g/mol. The van der Waals surface area contributed by atoms with Crippen LogP contribution in [-0.4, -0.2) is 26.1 Å². The molecule has 2 aromatic heterocycles. The molecule has 0 saturated heterocycles. The fourth-order valence-corrected chi connectivity index (χ4v) is 1.62. The predicted molar refractivity (Wildman–Crippen MR) is 64.0 cm³/mol. The second kappa shape index (κ2) is 4.92. The van der Waals surface area contributed by atoms with Crippen molar-refractivity contribution in [3.63, 3.8) is 0 Å². The van der Waals surface area contributed by atoms with Gasteiger partial charge in [-0.1, -0.05) is 0 Å². The highest BCUT2D eigenvalue weighted by molar-refractivity contribution is 5.17. The van der Waals surface area contributed by atoms with Crippen molar-refractivity contribution in [1.82, 2.24) is 19.6 Å². The number of aromatic nitrogens is 4. The molecule has 0 aliphatic rings. The van der Waals surface area contributed by atoms with E-state index in [1.807, 2.05) is 6.92 Å². The molecule has 17 heavy (non-hydrogen) atoms. The van der Waals surface area contributed by atoms with E-state index in [0.29, 0.717) is 12.4 Å². The van der Waals surface area contributed by atoms with Gasteiger partial charge in [-0.2, -0.15) is 5.10 Å². The smallest absolute Gasteiger partial charge is 0.267 e. The minimum absolute atomic E-state index is 0.0111. The summed E-state index contributed by atoms with van der Waals surface area (Å²) in [5, 5.41) is 8.36. The Morgan fingerprint density at radius 1 is 1.47 bits per heavy atom. The van der Waals surface area contributed by atoms with Gasteiger partial charge in [0.15, 0.2) is 5.82 Å². The largest absolute Gasteiger partial charge is 0.330 e. The van der Waals surface area contributed by atoms with Crippen LogP contribution in [-0.2, 0) is 0 Å². The molecule has 0 spiro atoms. The lowest BCUT2D eigenvalue weighted by atomic mass is 10.2. The summed E-state index contributed by atoms with van der Waals surface area (Å²) in [6.07, 6.45) is 4.17. The zero-order valence-corrected chi connectivity index (χ0v) is 9.65. The van der Waals surface area contributed by atoms with Crippen molar-refractivity contribution >= 4 is 0 Å². The maximum Gasteiger partial charge on any atom is 0.267 e. The molecule has 0 aromatic carbocycles. The Kier molecular flexibility index (Phi) is 3.34. The lowest BCUT2D eigenvalue weighted by Crippen LogP contribution is -2.27. The van der Waals surface area contributed by atoms with Gasteiger partial charge in [0.25, 0.3) is 5.56 Å². The molecule has 2 aromatic rings. The number of hydrogen-bond donors (Lipinski definition) is 1. The minimum atomic E-state index is -0.123. The van der Waals surface area contributed by atoms with Gasteiger partial charge in [0, 0.05) is 18.5 Å². The van der Waals surface area contributed by atoms with E-state index in [2.05, 4.69) is 10.2 Å². The monoisotopic (exact) mass is 233 g/mol. The highest BCUT2D eigenvalue weighted by Crippen LogP contribution is 2.06. The first-order chi connectivity index (χ1) is 8.22. The fourth-order valence-electron chi connectivity index (χ4n) is 1.62. The fraction of sp³-hybridized carbons (Fsp3) is 0.364. The molecule has 0 amide bonds. The molecule has 0 radical (unpaired) electrons. The van der Waals surface area contributed by atoms with Crippen LogP contribution in [0, 0.1) is 0 Å². The normalized spacial score (nSPS) is 12.6. The predicted octanol–water partition coefficient (Wildman–Crippen LogP) is 0.339. The van der Waals surface area contributed by atoms with E-state index in [-0.39, 0.29) is 11.6 Å². The van der Waals surface area contributed by atoms with Crippen molar-refractivity contribution in [3.8, 4) is 5.82 Å². The van der Waals surface area contributed by atoms with E-state index in [9.17, 15) is 4.79 Å². The molecule has 0 aliphatic carbocycles. The third-order valence-corrected chi connectivity index (χ3v) is 2.55. The first-order valence-corrected chi connectivity index (χ1v) is 5.52. The summed E-state index contributed by atoms with van der Waals surface area (Å²) in [7, 11) is 0. The number of hydrogen-bond acceptors (Lipinski definition) is 4. The van der Waals surface area contributed by atoms with Gasteiger partial charge in [-0.3, -0.25) is 4.79 Å². The second-order valence-electron chi connectivity index (χ2n) is 3.85. The van der Waals surface area contributed by atoms with Crippen molar-refractivity contribution in [2.24, 2.45) is 5.73 Å². The number of nitrogens with two attached hydrogens (primary N) is 1. The van der Waals surface area contributed by atoms with Gasteiger partial charge >= 0.3 is 0 Å². The van der Waals surface area contributed by atoms with Crippen LogP contribution in [0.25, 0.3) is 5.82 Å². The zero-order valence-electron chi connectivity index (χ0n) is 9.65. The van der Waals surface area contributed by atoms with E-state index >= 15 is 0 Å². The van der Waals surface area contributed by atoms with Crippen molar-refractivity contribution in [1.29, 1.82) is 0 Å². The molecule has 0 saturated carbocycles. The lowest BCUT2D eigenvalue weighted by Gasteiger charge is -2.13. The van der Waals surface area contributed by atoms with E-state index in [1.54, 1.807) is 29.2 Å². The molecule has 1 unspecified atom stereocenters. The Balaban J connectivity index is 2.39. The zero-order chi connectivity index (χ0) is 12.3.